The van der Waals surface area contributed by atoms with Crippen LogP contribution >= 0.6 is 0 Å². The van der Waals surface area contributed by atoms with Crippen LogP contribution in [0, 0.1) is 11.8 Å². The van der Waals surface area contributed by atoms with Crippen LogP contribution in [0.5, 0.6) is 0 Å². The summed E-state index contributed by atoms with van der Waals surface area (Å²) in [5.41, 5.74) is 0. The molecule has 6 heteroatoms. The van der Waals surface area contributed by atoms with Gasteiger partial charge in [-0.3, -0.25) is 4.79 Å². The first-order valence-corrected chi connectivity index (χ1v) is 6.72. The lowest BCUT2D eigenvalue weighted by Crippen LogP contribution is -2.34. The molecule has 0 bridgehead atoms. The molecule has 1 saturated heterocycles. The predicted octanol–water partition coefficient (Wildman–Crippen LogP) is -0.316. The van der Waals surface area contributed by atoms with Gasteiger partial charge in [-0.05, 0) is 26.4 Å². The Morgan fingerprint density at radius 3 is 2.47 bits per heavy atom. The zero-order chi connectivity index (χ0) is 11.6. The van der Waals surface area contributed by atoms with Crippen molar-refractivity contribution in [2.75, 3.05) is 32.1 Å². The molecule has 1 fully saturated rings. The zero-order valence-corrected chi connectivity index (χ0v) is 9.83. The van der Waals surface area contributed by atoms with E-state index in [0.717, 1.165) is 0 Å². The molecule has 1 aliphatic rings. The summed E-state index contributed by atoms with van der Waals surface area (Å²) in [4.78, 5) is 12.8. The van der Waals surface area contributed by atoms with Gasteiger partial charge in [0.05, 0.1) is 17.4 Å². The van der Waals surface area contributed by atoms with Gasteiger partial charge < -0.3 is 10.0 Å². The Bertz CT molecular complexity index is 336. The number of aliphatic carboxylic acids is 1. The molecule has 1 rings (SSSR count). The molecule has 0 aromatic heterocycles. The molecule has 1 N–H and O–H groups in total. The maximum atomic E-state index is 11.2. The molecule has 2 atom stereocenters. The number of rotatable bonds is 4. The quantitative estimate of drug-likeness (QED) is 0.723. The summed E-state index contributed by atoms with van der Waals surface area (Å²) in [7, 11) is 0.590. The molecule has 0 amide bonds. The number of sulfone groups is 1. The fourth-order valence-electron chi connectivity index (χ4n) is 1.96. The van der Waals surface area contributed by atoms with Crippen molar-refractivity contribution in [3.05, 3.63) is 0 Å². The lowest BCUT2D eigenvalue weighted by molar-refractivity contribution is -0.143. The lowest BCUT2D eigenvalue weighted by atomic mass is 9.91. The second-order valence-corrected chi connectivity index (χ2v) is 6.60. The smallest absolute Gasteiger partial charge is 0.308 e. The van der Waals surface area contributed by atoms with Gasteiger partial charge in [-0.15, -0.1) is 0 Å². The van der Waals surface area contributed by atoms with Crippen LogP contribution in [0.2, 0.25) is 0 Å². The van der Waals surface area contributed by atoms with Crippen LogP contribution in [-0.2, 0) is 14.6 Å². The molecular weight excluding hydrogens is 218 g/mol. The number of hydrogen-bond donors (Lipinski definition) is 1. The van der Waals surface area contributed by atoms with Gasteiger partial charge in [0.2, 0.25) is 0 Å². The molecule has 0 radical (unpaired) electrons. The van der Waals surface area contributed by atoms with E-state index in [1.54, 1.807) is 19.0 Å². The summed E-state index contributed by atoms with van der Waals surface area (Å²) in [5.74, 6) is -1.54. The van der Waals surface area contributed by atoms with Gasteiger partial charge >= 0.3 is 5.97 Å². The Labute approximate surface area is 90.0 Å². The number of carboxylic acid groups (broad SMARTS) is 1. The van der Waals surface area contributed by atoms with Gasteiger partial charge in [0, 0.05) is 6.54 Å². The van der Waals surface area contributed by atoms with Crippen molar-refractivity contribution >= 4 is 15.8 Å². The largest absolute Gasteiger partial charge is 0.481 e. The molecule has 1 aliphatic heterocycles. The van der Waals surface area contributed by atoms with Crippen molar-refractivity contribution in [2.24, 2.45) is 11.8 Å². The van der Waals surface area contributed by atoms with Gasteiger partial charge in [0.25, 0.3) is 0 Å². The standard InChI is InChI=1S/C9H17NO4S/c1-10(2)5-8(9(11)12)7-3-4-15(13,14)6-7/h7-8H,3-6H2,1-2H3,(H,11,12). The molecule has 2 unspecified atom stereocenters. The second-order valence-electron chi connectivity index (χ2n) is 4.37. The summed E-state index contributed by atoms with van der Waals surface area (Å²) >= 11 is 0. The summed E-state index contributed by atoms with van der Waals surface area (Å²) in [5, 5.41) is 9.03. The SMILES string of the molecule is CN(C)CC(C(=O)O)C1CCS(=O)(=O)C1. The monoisotopic (exact) mass is 235 g/mol. The first kappa shape index (κ1) is 12.4. The number of nitrogens with zero attached hydrogens (tertiary/aromatic N) is 1. The Morgan fingerprint density at radius 2 is 2.13 bits per heavy atom. The summed E-state index contributed by atoms with van der Waals surface area (Å²) in [6, 6.07) is 0. The van der Waals surface area contributed by atoms with E-state index < -0.39 is 21.7 Å². The van der Waals surface area contributed by atoms with E-state index in [1.807, 2.05) is 0 Å². The van der Waals surface area contributed by atoms with Crippen molar-refractivity contribution in [3.8, 4) is 0 Å². The Balaban J connectivity index is 2.70. The van der Waals surface area contributed by atoms with Crippen LogP contribution in [0.25, 0.3) is 0 Å². The molecule has 88 valence electrons. The van der Waals surface area contributed by atoms with E-state index >= 15 is 0 Å². The molecule has 0 saturated carbocycles. The molecule has 0 aliphatic carbocycles. The van der Waals surface area contributed by atoms with Crippen molar-refractivity contribution in [1.82, 2.24) is 4.90 Å². The average Bonchev–Trinajstić information content (AvgIpc) is 2.41. The molecule has 15 heavy (non-hydrogen) atoms. The molecule has 1 heterocycles. The van der Waals surface area contributed by atoms with E-state index in [4.69, 9.17) is 5.11 Å². The van der Waals surface area contributed by atoms with Crippen LogP contribution in [0.15, 0.2) is 0 Å². The van der Waals surface area contributed by atoms with E-state index in [2.05, 4.69) is 0 Å². The van der Waals surface area contributed by atoms with E-state index in [1.165, 1.54) is 0 Å². The van der Waals surface area contributed by atoms with Crippen molar-refractivity contribution in [2.45, 2.75) is 6.42 Å². The van der Waals surface area contributed by atoms with Crippen molar-refractivity contribution in [3.63, 3.8) is 0 Å². The Morgan fingerprint density at radius 1 is 1.53 bits per heavy atom. The molecule has 5 nitrogen and oxygen atoms in total. The minimum Gasteiger partial charge on any atom is -0.481 e. The highest BCUT2D eigenvalue weighted by atomic mass is 32.2. The van der Waals surface area contributed by atoms with E-state index in [0.29, 0.717) is 13.0 Å². The van der Waals surface area contributed by atoms with Crippen LogP contribution < -0.4 is 0 Å². The topological polar surface area (TPSA) is 74.7 Å². The Hall–Kier alpha value is -0.620. The first-order valence-electron chi connectivity index (χ1n) is 4.90. The van der Waals surface area contributed by atoms with Gasteiger partial charge in [0.15, 0.2) is 9.84 Å². The third-order valence-electron chi connectivity index (χ3n) is 2.72. The van der Waals surface area contributed by atoms with Gasteiger partial charge in [-0.2, -0.15) is 0 Å². The highest BCUT2D eigenvalue weighted by Crippen LogP contribution is 2.26. The fraction of sp³-hybridized carbons (Fsp3) is 0.889. The highest BCUT2D eigenvalue weighted by Gasteiger charge is 2.37. The van der Waals surface area contributed by atoms with Crippen LogP contribution in [0.1, 0.15) is 6.42 Å². The summed E-state index contributed by atoms with van der Waals surface area (Å²) in [6.45, 7) is 0.398. The minimum atomic E-state index is -2.99. The third kappa shape index (κ3) is 3.46. The number of carboxylic acids is 1. The molecule has 0 spiro atoms. The molecule has 0 aromatic carbocycles. The minimum absolute atomic E-state index is 0.0256. The van der Waals surface area contributed by atoms with E-state index in [9.17, 15) is 13.2 Å². The summed E-state index contributed by atoms with van der Waals surface area (Å²) < 4.78 is 22.5. The number of hydrogen-bond acceptors (Lipinski definition) is 4. The first-order chi connectivity index (χ1) is 6.82. The number of carbonyl (C=O) groups is 1. The van der Waals surface area contributed by atoms with Gasteiger partial charge in [0.1, 0.15) is 0 Å². The maximum Gasteiger partial charge on any atom is 0.308 e. The zero-order valence-electron chi connectivity index (χ0n) is 9.01. The van der Waals surface area contributed by atoms with E-state index in [-0.39, 0.29) is 17.4 Å². The Kier molecular flexibility index (Phi) is 3.72. The third-order valence-corrected chi connectivity index (χ3v) is 4.51. The second kappa shape index (κ2) is 4.49. The highest BCUT2D eigenvalue weighted by molar-refractivity contribution is 7.91. The maximum absolute atomic E-state index is 11.2. The van der Waals surface area contributed by atoms with Crippen LogP contribution in [0.4, 0.5) is 0 Å². The van der Waals surface area contributed by atoms with Gasteiger partial charge in [-0.25, -0.2) is 8.42 Å². The fourth-order valence-corrected chi connectivity index (χ4v) is 3.84. The van der Waals surface area contributed by atoms with Gasteiger partial charge in [-0.1, -0.05) is 0 Å². The van der Waals surface area contributed by atoms with Crippen molar-refractivity contribution in [1.29, 1.82) is 0 Å². The molecule has 0 aromatic rings. The van der Waals surface area contributed by atoms with Crippen LogP contribution in [0.3, 0.4) is 0 Å². The van der Waals surface area contributed by atoms with Crippen molar-refractivity contribution < 1.29 is 18.3 Å². The average molecular weight is 235 g/mol. The van der Waals surface area contributed by atoms with Crippen LogP contribution in [-0.4, -0.2) is 56.5 Å². The summed E-state index contributed by atoms with van der Waals surface area (Å²) in [6.07, 6.45) is 0.479. The molecular formula is C9H17NO4S. The predicted molar refractivity (Wildman–Crippen MR) is 56.4 cm³/mol. The normalized spacial score (nSPS) is 26.7. The lowest BCUT2D eigenvalue weighted by Gasteiger charge is -2.21.